The number of hydrogen-bond acceptors (Lipinski definition) is 4. The molecule has 0 aromatic carbocycles. The van der Waals surface area contributed by atoms with Gasteiger partial charge in [-0.1, -0.05) is 6.42 Å². The van der Waals surface area contributed by atoms with E-state index in [0.29, 0.717) is 6.04 Å². The normalized spacial score (nSPS) is 18.3. The van der Waals surface area contributed by atoms with E-state index in [9.17, 15) is 0 Å². The first-order valence-corrected chi connectivity index (χ1v) is 7.77. The van der Waals surface area contributed by atoms with Gasteiger partial charge in [0.25, 0.3) is 0 Å². The molecule has 0 radical (unpaired) electrons. The molecular formula is C14H23BrN4. The van der Waals surface area contributed by atoms with Crippen molar-refractivity contribution in [3.8, 4) is 0 Å². The highest BCUT2D eigenvalue weighted by molar-refractivity contribution is 9.10. The molecule has 1 fully saturated rings. The Labute approximate surface area is 123 Å². The summed E-state index contributed by atoms with van der Waals surface area (Å²) in [5, 5.41) is 3.42. The summed E-state index contributed by atoms with van der Waals surface area (Å²) in [4.78, 5) is 6.90. The van der Waals surface area contributed by atoms with E-state index in [4.69, 9.17) is 5.73 Å². The molecule has 1 aromatic rings. The van der Waals surface area contributed by atoms with E-state index in [1.165, 1.54) is 32.4 Å². The van der Waals surface area contributed by atoms with Crippen LogP contribution in [-0.4, -0.2) is 35.6 Å². The molecule has 0 spiro atoms. The molecule has 4 nitrogen and oxygen atoms in total. The molecule has 0 bridgehead atoms. The first-order valence-electron chi connectivity index (χ1n) is 6.98. The Morgan fingerprint density at radius 2 is 2.11 bits per heavy atom. The molecule has 5 heteroatoms. The lowest BCUT2D eigenvalue weighted by Crippen LogP contribution is -2.41. The molecule has 0 saturated carbocycles. The molecule has 1 atom stereocenters. The van der Waals surface area contributed by atoms with Crippen LogP contribution in [0.3, 0.4) is 0 Å². The van der Waals surface area contributed by atoms with Crippen molar-refractivity contribution in [2.75, 3.05) is 30.7 Å². The summed E-state index contributed by atoms with van der Waals surface area (Å²) in [6.07, 6.45) is 5.75. The lowest BCUT2D eigenvalue weighted by Gasteiger charge is -2.32. The Hall–Kier alpha value is -0.810. The number of likely N-dealkylation sites (tertiary alicyclic amines) is 1. The van der Waals surface area contributed by atoms with Crippen molar-refractivity contribution in [3.63, 3.8) is 0 Å². The molecule has 2 rings (SSSR count). The van der Waals surface area contributed by atoms with Gasteiger partial charge in [-0.3, -0.25) is 4.90 Å². The molecule has 1 aromatic heterocycles. The fourth-order valence-electron chi connectivity index (χ4n) is 2.45. The monoisotopic (exact) mass is 326 g/mol. The van der Waals surface area contributed by atoms with Crippen LogP contribution >= 0.6 is 15.9 Å². The van der Waals surface area contributed by atoms with Gasteiger partial charge in [0.1, 0.15) is 5.82 Å². The minimum Gasteiger partial charge on any atom is -0.397 e. The number of anilines is 2. The number of nitrogens with two attached hydrogens (primary N) is 1. The predicted octanol–water partition coefficient (Wildman–Crippen LogP) is 3.02. The summed E-state index contributed by atoms with van der Waals surface area (Å²) in [6, 6.07) is 0.534. The average molecular weight is 327 g/mol. The third-order valence-corrected chi connectivity index (χ3v) is 4.85. The molecule has 3 N–H and O–H groups in total. The average Bonchev–Trinajstić information content (AvgIpc) is 2.45. The maximum Gasteiger partial charge on any atom is 0.140 e. The number of rotatable bonds is 4. The van der Waals surface area contributed by atoms with E-state index in [-0.39, 0.29) is 0 Å². The topological polar surface area (TPSA) is 54.2 Å². The van der Waals surface area contributed by atoms with Crippen LogP contribution in [0.1, 0.15) is 31.7 Å². The van der Waals surface area contributed by atoms with E-state index < -0.39 is 0 Å². The highest BCUT2D eigenvalue weighted by Crippen LogP contribution is 2.27. The third-order valence-electron chi connectivity index (χ3n) is 3.88. The number of nitrogen functional groups attached to an aromatic ring is 1. The van der Waals surface area contributed by atoms with Crippen LogP contribution in [0.4, 0.5) is 11.5 Å². The summed E-state index contributed by atoms with van der Waals surface area (Å²) >= 11 is 3.56. The van der Waals surface area contributed by atoms with E-state index in [1.807, 2.05) is 6.92 Å². The fraction of sp³-hybridized carbons (Fsp3) is 0.643. The second-order valence-electron chi connectivity index (χ2n) is 5.33. The summed E-state index contributed by atoms with van der Waals surface area (Å²) in [5.41, 5.74) is 7.60. The minimum absolute atomic E-state index is 0.534. The zero-order chi connectivity index (χ0) is 13.8. The summed E-state index contributed by atoms with van der Waals surface area (Å²) in [5.74, 6) is 0.885. The number of piperidine rings is 1. The van der Waals surface area contributed by atoms with Crippen LogP contribution in [0.5, 0.6) is 0 Å². The first-order chi connectivity index (χ1) is 9.09. The standard InChI is InChI=1S/C14H23BrN4/c1-10(19-6-4-3-5-7-19)8-17-14-13(15)11(2)12(16)9-18-14/h9-10H,3-8,16H2,1-2H3,(H,17,18). The first kappa shape index (κ1) is 14.6. The van der Waals surface area contributed by atoms with E-state index >= 15 is 0 Å². The SMILES string of the molecule is Cc1c(N)cnc(NCC(C)N2CCCCC2)c1Br. The van der Waals surface area contributed by atoms with Gasteiger partial charge in [0.15, 0.2) is 0 Å². The van der Waals surface area contributed by atoms with Gasteiger partial charge in [0.05, 0.1) is 16.4 Å². The summed E-state index contributed by atoms with van der Waals surface area (Å²) in [6.45, 7) is 7.63. The maximum atomic E-state index is 5.83. The molecule has 1 aliphatic rings. The van der Waals surface area contributed by atoms with Crippen LogP contribution in [0.2, 0.25) is 0 Å². The van der Waals surface area contributed by atoms with Gasteiger partial charge in [-0.25, -0.2) is 4.98 Å². The van der Waals surface area contributed by atoms with Gasteiger partial charge in [0, 0.05) is 12.6 Å². The smallest absolute Gasteiger partial charge is 0.140 e. The second kappa shape index (κ2) is 6.57. The van der Waals surface area contributed by atoms with Crippen molar-refractivity contribution in [3.05, 3.63) is 16.2 Å². The number of pyridine rings is 1. The Balaban J connectivity index is 1.93. The van der Waals surface area contributed by atoms with Crippen molar-refractivity contribution < 1.29 is 0 Å². The second-order valence-corrected chi connectivity index (χ2v) is 6.12. The highest BCUT2D eigenvalue weighted by Gasteiger charge is 2.17. The molecule has 0 amide bonds. The molecule has 1 aliphatic heterocycles. The van der Waals surface area contributed by atoms with Crippen molar-refractivity contribution in [1.82, 2.24) is 9.88 Å². The fourth-order valence-corrected chi connectivity index (χ4v) is 2.92. The van der Waals surface area contributed by atoms with Gasteiger partial charge in [-0.15, -0.1) is 0 Å². The molecule has 2 heterocycles. The zero-order valence-corrected chi connectivity index (χ0v) is 13.3. The Kier molecular flexibility index (Phi) is 5.05. The third kappa shape index (κ3) is 3.60. The molecule has 1 saturated heterocycles. The van der Waals surface area contributed by atoms with E-state index in [0.717, 1.165) is 28.1 Å². The van der Waals surface area contributed by atoms with Crippen molar-refractivity contribution >= 4 is 27.4 Å². The highest BCUT2D eigenvalue weighted by atomic mass is 79.9. The predicted molar refractivity (Wildman–Crippen MR) is 84.5 cm³/mol. The van der Waals surface area contributed by atoms with E-state index in [2.05, 4.69) is 38.1 Å². The molecular weight excluding hydrogens is 304 g/mol. The molecule has 0 aliphatic carbocycles. The number of nitrogens with zero attached hydrogens (tertiary/aromatic N) is 2. The Morgan fingerprint density at radius 3 is 2.79 bits per heavy atom. The summed E-state index contributed by atoms with van der Waals surface area (Å²) < 4.78 is 0.971. The summed E-state index contributed by atoms with van der Waals surface area (Å²) in [7, 11) is 0. The Morgan fingerprint density at radius 1 is 1.42 bits per heavy atom. The van der Waals surface area contributed by atoms with E-state index in [1.54, 1.807) is 6.20 Å². The van der Waals surface area contributed by atoms with Crippen LogP contribution < -0.4 is 11.1 Å². The lowest BCUT2D eigenvalue weighted by atomic mass is 10.1. The van der Waals surface area contributed by atoms with Crippen LogP contribution in [-0.2, 0) is 0 Å². The van der Waals surface area contributed by atoms with Gasteiger partial charge in [-0.05, 0) is 61.3 Å². The number of halogens is 1. The zero-order valence-electron chi connectivity index (χ0n) is 11.7. The largest absolute Gasteiger partial charge is 0.397 e. The number of nitrogens with one attached hydrogen (secondary N) is 1. The molecule has 106 valence electrons. The quantitative estimate of drug-likeness (QED) is 0.893. The number of aromatic nitrogens is 1. The van der Waals surface area contributed by atoms with Crippen LogP contribution in [0, 0.1) is 6.92 Å². The van der Waals surface area contributed by atoms with Crippen molar-refractivity contribution in [2.45, 2.75) is 39.2 Å². The van der Waals surface area contributed by atoms with Crippen LogP contribution in [0.15, 0.2) is 10.7 Å². The number of hydrogen-bond donors (Lipinski definition) is 2. The van der Waals surface area contributed by atoms with Gasteiger partial charge in [-0.2, -0.15) is 0 Å². The van der Waals surface area contributed by atoms with Gasteiger partial charge >= 0.3 is 0 Å². The van der Waals surface area contributed by atoms with Gasteiger partial charge < -0.3 is 11.1 Å². The van der Waals surface area contributed by atoms with Gasteiger partial charge in [0.2, 0.25) is 0 Å². The molecule has 1 unspecified atom stereocenters. The lowest BCUT2D eigenvalue weighted by molar-refractivity contribution is 0.180. The minimum atomic E-state index is 0.534. The van der Waals surface area contributed by atoms with Crippen molar-refractivity contribution in [1.29, 1.82) is 0 Å². The molecule has 19 heavy (non-hydrogen) atoms. The van der Waals surface area contributed by atoms with Crippen LogP contribution in [0.25, 0.3) is 0 Å². The Bertz CT molecular complexity index is 430. The maximum absolute atomic E-state index is 5.83. The van der Waals surface area contributed by atoms with Crippen molar-refractivity contribution in [2.24, 2.45) is 0 Å².